The van der Waals surface area contributed by atoms with E-state index in [0.29, 0.717) is 0 Å². The van der Waals surface area contributed by atoms with Crippen molar-refractivity contribution in [1.82, 2.24) is 9.88 Å². The van der Waals surface area contributed by atoms with Gasteiger partial charge in [0.05, 0.1) is 15.8 Å². The van der Waals surface area contributed by atoms with Crippen molar-refractivity contribution < 1.29 is 19.1 Å². The van der Waals surface area contributed by atoms with Gasteiger partial charge in [-0.2, -0.15) is 0 Å². The van der Waals surface area contributed by atoms with Crippen molar-refractivity contribution in [2.75, 3.05) is 6.26 Å². The van der Waals surface area contributed by atoms with Crippen LogP contribution < -0.4 is 0 Å². The second-order valence-electron chi connectivity index (χ2n) is 8.39. The van der Waals surface area contributed by atoms with Gasteiger partial charge >= 0.3 is 12.2 Å². The number of thioether (sulfide) groups is 1. The molecule has 6 nitrogen and oxygen atoms in total. The molecule has 0 fully saturated rings. The number of pyridine rings is 1. The molecule has 0 aliphatic carbocycles. The van der Waals surface area contributed by atoms with Crippen LogP contribution in [0, 0.1) is 0 Å². The van der Waals surface area contributed by atoms with E-state index >= 15 is 0 Å². The molecule has 9 heteroatoms. The number of aromatic nitrogens is 1. The van der Waals surface area contributed by atoms with Gasteiger partial charge in [0, 0.05) is 4.88 Å². The highest BCUT2D eigenvalue weighted by molar-refractivity contribution is 8.01. The van der Waals surface area contributed by atoms with Gasteiger partial charge in [-0.15, -0.1) is 23.1 Å². The fourth-order valence-electron chi connectivity index (χ4n) is 2.16. The molecule has 0 unspecified atom stereocenters. The Bertz CT molecular complexity index is 857. The van der Waals surface area contributed by atoms with Gasteiger partial charge in [0.15, 0.2) is 0 Å². The maximum atomic E-state index is 12.6. The Labute approximate surface area is 190 Å². The monoisotopic (exact) mass is 468 g/mol. The zero-order chi connectivity index (χ0) is 22.5. The van der Waals surface area contributed by atoms with E-state index in [1.807, 2.05) is 36.6 Å². The fourth-order valence-corrected chi connectivity index (χ4v) is 4.72. The molecule has 2 aromatic rings. The molecule has 0 aromatic carbocycles. The van der Waals surface area contributed by atoms with Crippen LogP contribution in [0.4, 0.5) is 9.59 Å². The normalized spacial score (nSPS) is 11.8. The Morgan fingerprint density at radius 3 is 2.07 bits per heavy atom. The van der Waals surface area contributed by atoms with Crippen LogP contribution in [-0.4, -0.2) is 39.5 Å². The van der Waals surface area contributed by atoms with Crippen molar-refractivity contribution in [1.29, 1.82) is 0 Å². The first-order chi connectivity index (χ1) is 13.9. The van der Waals surface area contributed by atoms with Gasteiger partial charge < -0.3 is 9.47 Å². The number of thiophene rings is 1. The average molecular weight is 469 g/mol. The van der Waals surface area contributed by atoms with E-state index in [0.717, 1.165) is 24.0 Å². The zero-order valence-corrected chi connectivity index (χ0v) is 20.8. The lowest BCUT2D eigenvalue weighted by molar-refractivity contribution is -0.0000515. The number of carbonyl (C=O) groups is 2. The zero-order valence-electron chi connectivity index (χ0n) is 18.3. The summed E-state index contributed by atoms with van der Waals surface area (Å²) in [5.41, 5.74) is -1.44. The van der Waals surface area contributed by atoms with Crippen molar-refractivity contribution in [2.24, 2.45) is 0 Å². The first-order valence-electron chi connectivity index (χ1n) is 9.37. The van der Waals surface area contributed by atoms with Crippen molar-refractivity contribution in [2.45, 2.75) is 73.6 Å². The maximum Gasteiger partial charge on any atom is 0.420 e. The van der Waals surface area contributed by atoms with Gasteiger partial charge in [-0.3, -0.25) is 0 Å². The van der Waals surface area contributed by atoms with Gasteiger partial charge in [0.2, 0.25) is 0 Å². The molecule has 164 valence electrons. The van der Waals surface area contributed by atoms with E-state index in [2.05, 4.69) is 4.98 Å². The predicted molar refractivity (Wildman–Crippen MR) is 122 cm³/mol. The molecule has 0 N–H and O–H groups in total. The fraction of sp³-hybridized carbons (Fsp3) is 0.476. The molecular formula is C21H28N2O4S3. The van der Waals surface area contributed by atoms with E-state index in [9.17, 15) is 9.59 Å². The van der Waals surface area contributed by atoms with Crippen LogP contribution in [0.5, 0.6) is 0 Å². The largest absolute Gasteiger partial charge is 0.443 e. The summed E-state index contributed by atoms with van der Waals surface area (Å²) in [6.07, 6.45) is 0.532. The molecule has 0 spiro atoms. The number of hydrogen-bond donors (Lipinski definition) is 0. The van der Waals surface area contributed by atoms with Crippen LogP contribution in [0.25, 0.3) is 0 Å². The summed E-state index contributed by atoms with van der Waals surface area (Å²) in [6, 6.07) is 9.75. The number of imide groups is 1. The molecule has 0 radical (unpaired) electrons. The van der Waals surface area contributed by atoms with Crippen LogP contribution in [0.3, 0.4) is 0 Å². The van der Waals surface area contributed by atoms with E-state index in [1.165, 1.54) is 11.3 Å². The molecule has 30 heavy (non-hydrogen) atoms. The number of rotatable bonds is 5. The topological polar surface area (TPSA) is 68.7 Å². The summed E-state index contributed by atoms with van der Waals surface area (Å²) in [6.45, 7) is 10.6. The van der Waals surface area contributed by atoms with Gasteiger partial charge in [-0.1, -0.05) is 17.8 Å². The molecule has 2 aromatic heterocycles. The Hall–Kier alpha value is -1.71. The SMILES string of the molecule is CSc1cccc(Sc2ccc(CN(C(=O)OC(C)(C)C)C(=O)OC(C)(C)C)s2)n1. The molecule has 2 rings (SSSR count). The highest BCUT2D eigenvalue weighted by Crippen LogP contribution is 2.34. The van der Waals surface area contributed by atoms with Crippen LogP contribution in [0.15, 0.2) is 44.6 Å². The number of hydrogen-bond acceptors (Lipinski definition) is 8. The highest BCUT2D eigenvalue weighted by Gasteiger charge is 2.31. The lowest BCUT2D eigenvalue weighted by atomic mass is 10.2. The molecule has 0 atom stereocenters. The Kier molecular flexibility index (Phi) is 8.24. The quantitative estimate of drug-likeness (QED) is 0.453. The lowest BCUT2D eigenvalue weighted by Crippen LogP contribution is -2.43. The van der Waals surface area contributed by atoms with E-state index in [-0.39, 0.29) is 6.54 Å². The predicted octanol–water partition coefficient (Wildman–Crippen LogP) is 6.69. The summed E-state index contributed by atoms with van der Waals surface area (Å²) in [5.74, 6) is 0. The van der Waals surface area contributed by atoms with Gasteiger partial charge in [-0.05, 0) is 72.1 Å². The van der Waals surface area contributed by atoms with Crippen LogP contribution in [-0.2, 0) is 16.0 Å². The molecule has 0 saturated carbocycles. The molecule has 0 aliphatic rings. The Morgan fingerprint density at radius 1 is 0.967 bits per heavy atom. The molecule has 2 heterocycles. The summed E-state index contributed by atoms with van der Waals surface area (Å²) in [4.78, 5) is 31.7. The maximum absolute atomic E-state index is 12.6. The minimum absolute atomic E-state index is 0.0767. The van der Waals surface area contributed by atoms with Crippen LogP contribution in [0.2, 0.25) is 0 Å². The highest BCUT2D eigenvalue weighted by atomic mass is 32.2. The third kappa shape index (κ3) is 8.20. The Balaban J connectivity index is 2.16. The first kappa shape index (κ1) is 24.6. The molecule has 2 amide bonds. The second kappa shape index (κ2) is 10.1. The molecule has 0 aliphatic heterocycles. The first-order valence-corrected chi connectivity index (χ1v) is 12.2. The van der Waals surface area contributed by atoms with Gasteiger partial charge in [0.1, 0.15) is 16.2 Å². The van der Waals surface area contributed by atoms with E-state index in [1.54, 1.807) is 65.1 Å². The minimum Gasteiger partial charge on any atom is -0.443 e. The standard InChI is InChI=1S/C21H28N2O4S3/c1-20(2,3)26-18(24)23(19(25)27-21(4,5)6)13-14-11-12-17(29-14)30-16-10-8-9-15(22-16)28-7/h8-12H,13H2,1-7H3. The van der Waals surface area contributed by atoms with Gasteiger partial charge in [0.25, 0.3) is 0 Å². The van der Waals surface area contributed by atoms with Crippen LogP contribution in [0.1, 0.15) is 46.4 Å². The van der Waals surface area contributed by atoms with Crippen LogP contribution >= 0.6 is 34.9 Å². The summed E-state index contributed by atoms with van der Waals surface area (Å²) in [5, 5.41) is 1.85. The third-order valence-corrected chi connectivity index (χ3v) is 6.08. The number of ether oxygens (including phenoxy) is 2. The minimum atomic E-state index is -0.728. The number of nitrogens with zero attached hydrogens (tertiary/aromatic N) is 2. The number of carbonyl (C=O) groups excluding carboxylic acids is 2. The van der Waals surface area contributed by atoms with Gasteiger partial charge in [-0.25, -0.2) is 19.5 Å². The lowest BCUT2D eigenvalue weighted by Gasteiger charge is -2.28. The number of amides is 2. The summed E-state index contributed by atoms with van der Waals surface area (Å²) in [7, 11) is 0. The Morgan fingerprint density at radius 2 is 1.53 bits per heavy atom. The summed E-state index contributed by atoms with van der Waals surface area (Å²) >= 11 is 4.64. The summed E-state index contributed by atoms with van der Waals surface area (Å²) < 4.78 is 11.8. The average Bonchev–Trinajstić information content (AvgIpc) is 3.03. The van der Waals surface area contributed by atoms with Crippen molar-refractivity contribution in [3.8, 4) is 0 Å². The molecule has 0 saturated heterocycles. The van der Waals surface area contributed by atoms with Crippen molar-refractivity contribution >= 4 is 47.0 Å². The van der Waals surface area contributed by atoms with Crippen molar-refractivity contribution in [3.63, 3.8) is 0 Å². The van der Waals surface area contributed by atoms with E-state index in [4.69, 9.17) is 9.47 Å². The third-order valence-electron chi connectivity index (χ3n) is 3.29. The van der Waals surface area contributed by atoms with E-state index < -0.39 is 23.4 Å². The van der Waals surface area contributed by atoms with Crippen molar-refractivity contribution in [3.05, 3.63) is 35.2 Å². The smallest absolute Gasteiger partial charge is 0.420 e. The molecule has 0 bridgehead atoms. The molecular weight excluding hydrogens is 440 g/mol. The second-order valence-corrected chi connectivity index (χ2v) is 11.7.